The Labute approximate surface area is 278 Å². The number of alkyl carbamates (subject to hydrolysis) is 1. The monoisotopic (exact) mass is 644 g/mol. The van der Waals surface area contributed by atoms with E-state index in [1.54, 1.807) is 14.2 Å². The van der Waals surface area contributed by atoms with Gasteiger partial charge in [0, 0.05) is 12.5 Å². The van der Waals surface area contributed by atoms with Gasteiger partial charge >= 0.3 is 6.09 Å². The van der Waals surface area contributed by atoms with Gasteiger partial charge in [-0.05, 0) is 66.1 Å². The minimum Gasteiger partial charge on any atom is -0.497 e. The standard InChI is InChI=1S/C38H48N2O7/c1-27(2)31(26-46-36-12-8-9-23-45-36)13-18-32(39-38(42)47-25-28-10-6-5-7-11-28)24-35(41)40-37(29-14-19-33(43-3)20-15-29)30-16-21-34(44-4)22-17-30/h5-7,10-11,13-22,27,31-32,36-37H,8-9,12,23-26H2,1-4H3,(H,39,42)(H,40,41). The first kappa shape index (κ1) is 35.5. The van der Waals surface area contributed by atoms with Crippen LogP contribution in [0.1, 0.15) is 62.3 Å². The first-order valence-corrected chi connectivity index (χ1v) is 16.3. The molecule has 3 atom stereocenters. The lowest BCUT2D eigenvalue weighted by atomic mass is 9.95. The molecule has 0 saturated carbocycles. The molecule has 9 heteroatoms. The third kappa shape index (κ3) is 11.8. The van der Waals surface area contributed by atoms with E-state index in [1.165, 1.54) is 0 Å². The molecule has 252 valence electrons. The highest BCUT2D eigenvalue weighted by Gasteiger charge is 2.22. The molecule has 1 fully saturated rings. The van der Waals surface area contributed by atoms with Gasteiger partial charge in [-0.1, -0.05) is 80.6 Å². The molecular weight excluding hydrogens is 596 g/mol. The molecule has 3 aromatic carbocycles. The van der Waals surface area contributed by atoms with E-state index < -0.39 is 18.2 Å². The fourth-order valence-corrected chi connectivity index (χ4v) is 5.26. The third-order valence-electron chi connectivity index (χ3n) is 8.18. The molecule has 1 aliphatic rings. The van der Waals surface area contributed by atoms with Crippen molar-refractivity contribution in [3.8, 4) is 11.5 Å². The lowest BCUT2D eigenvalue weighted by molar-refractivity contribution is -0.168. The number of hydrogen-bond acceptors (Lipinski definition) is 7. The molecule has 1 heterocycles. The molecule has 47 heavy (non-hydrogen) atoms. The molecule has 3 unspecified atom stereocenters. The van der Waals surface area contributed by atoms with Gasteiger partial charge in [-0.25, -0.2) is 4.79 Å². The number of carbonyl (C=O) groups excluding carboxylic acids is 2. The molecule has 2 amide bonds. The van der Waals surface area contributed by atoms with Crippen molar-refractivity contribution in [3.05, 3.63) is 108 Å². The van der Waals surface area contributed by atoms with Gasteiger partial charge in [0.25, 0.3) is 0 Å². The average Bonchev–Trinajstić information content (AvgIpc) is 3.10. The first-order chi connectivity index (χ1) is 22.8. The van der Waals surface area contributed by atoms with Crippen LogP contribution >= 0.6 is 0 Å². The van der Waals surface area contributed by atoms with E-state index in [4.69, 9.17) is 23.7 Å². The summed E-state index contributed by atoms with van der Waals surface area (Å²) in [6, 6.07) is 23.5. The molecule has 0 spiro atoms. The summed E-state index contributed by atoms with van der Waals surface area (Å²) in [6.45, 7) is 5.56. The number of carbonyl (C=O) groups is 2. The lowest BCUT2D eigenvalue weighted by Gasteiger charge is -2.26. The van der Waals surface area contributed by atoms with Crippen LogP contribution in [0.3, 0.4) is 0 Å². The number of methoxy groups -OCH3 is 2. The van der Waals surface area contributed by atoms with Crippen molar-refractivity contribution in [2.24, 2.45) is 11.8 Å². The van der Waals surface area contributed by atoms with E-state index in [0.29, 0.717) is 13.2 Å². The molecule has 0 aromatic heterocycles. The Morgan fingerprint density at radius 3 is 2.04 bits per heavy atom. The summed E-state index contributed by atoms with van der Waals surface area (Å²) in [5.41, 5.74) is 2.64. The van der Waals surface area contributed by atoms with Gasteiger partial charge in [-0.15, -0.1) is 0 Å². The number of hydrogen-bond donors (Lipinski definition) is 2. The normalized spacial score (nSPS) is 16.1. The quantitative estimate of drug-likeness (QED) is 0.162. The lowest BCUT2D eigenvalue weighted by Crippen LogP contribution is -2.39. The summed E-state index contributed by atoms with van der Waals surface area (Å²) in [5, 5.41) is 6.07. The Morgan fingerprint density at radius 1 is 0.851 bits per heavy atom. The molecule has 0 bridgehead atoms. The Balaban J connectivity index is 1.49. The first-order valence-electron chi connectivity index (χ1n) is 16.3. The van der Waals surface area contributed by atoms with Gasteiger partial charge in [0.15, 0.2) is 6.29 Å². The minimum absolute atomic E-state index is 0.00282. The van der Waals surface area contributed by atoms with Gasteiger partial charge in [-0.3, -0.25) is 4.79 Å². The van der Waals surface area contributed by atoms with Crippen molar-refractivity contribution in [2.75, 3.05) is 27.4 Å². The summed E-state index contributed by atoms with van der Waals surface area (Å²) < 4.78 is 28.0. The molecule has 9 nitrogen and oxygen atoms in total. The van der Waals surface area contributed by atoms with Crippen LogP contribution in [0.5, 0.6) is 11.5 Å². The second-order valence-electron chi connectivity index (χ2n) is 12.0. The Hall–Kier alpha value is -4.34. The molecular formula is C38H48N2O7. The van der Waals surface area contributed by atoms with Gasteiger partial charge in [0.2, 0.25) is 5.91 Å². The van der Waals surface area contributed by atoms with Crippen LogP contribution in [0.2, 0.25) is 0 Å². The fourth-order valence-electron chi connectivity index (χ4n) is 5.26. The molecule has 4 rings (SSSR count). The van der Waals surface area contributed by atoms with E-state index in [-0.39, 0.29) is 37.1 Å². The Morgan fingerprint density at radius 2 is 1.49 bits per heavy atom. The second-order valence-corrected chi connectivity index (χ2v) is 12.0. The minimum atomic E-state index is -0.627. The van der Waals surface area contributed by atoms with Crippen molar-refractivity contribution in [1.29, 1.82) is 0 Å². The summed E-state index contributed by atoms with van der Waals surface area (Å²) in [6.07, 6.45) is 6.12. The number of amides is 2. The Kier molecular flexibility index (Phi) is 14.1. The van der Waals surface area contributed by atoms with Crippen LogP contribution in [-0.4, -0.2) is 51.8 Å². The van der Waals surface area contributed by atoms with Crippen molar-refractivity contribution in [1.82, 2.24) is 10.6 Å². The molecule has 2 N–H and O–H groups in total. The fraction of sp³-hybridized carbons (Fsp3) is 0.421. The third-order valence-corrected chi connectivity index (χ3v) is 8.18. The summed E-state index contributed by atoms with van der Waals surface area (Å²) >= 11 is 0. The number of rotatable bonds is 16. The molecule has 0 radical (unpaired) electrons. The zero-order valence-electron chi connectivity index (χ0n) is 27.9. The predicted molar refractivity (Wildman–Crippen MR) is 181 cm³/mol. The zero-order chi connectivity index (χ0) is 33.4. The highest BCUT2D eigenvalue weighted by molar-refractivity contribution is 5.79. The van der Waals surface area contributed by atoms with Crippen LogP contribution in [0.25, 0.3) is 0 Å². The van der Waals surface area contributed by atoms with E-state index in [2.05, 4.69) is 24.5 Å². The Bertz CT molecular complexity index is 1340. The highest BCUT2D eigenvalue weighted by Crippen LogP contribution is 2.26. The average molecular weight is 645 g/mol. The predicted octanol–water partition coefficient (Wildman–Crippen LogP) is 6.97. The van der Waals surface area contributed by atoms with Crippen LogP contribution in [0, 0.1) is 11.8 Å². The topological polar surface area (TPSA) is 104 Å². The van der Waals surface area contributed by atoms with E-state index in [9.17, 15) is 9.59 Å². The van der Waals surface area contributed by atoms with Crippen molar-refractivity contribution >= 4 is 12.0 Å². The van der Waals surface area contributed by atoms with Crippen LogP contribution in [0.4, 0.5) is 4.79 Å². The number of ether oxygens (including phenoxy) is 5. The largest absolute Gasteiger partial charge is 0.497 e. The molecule has 1 saturated heterocycles. The van der Waals surface area contributed by atoms with E-state index in [1.807, 2.05) is 91.0 Å². The maximum absolute atomic E-state index is 13.7. The molecule has 3 aromatic rings. The van der Waals surface area contributed by atoms with Crippen LogP contribution in [0.15, 0.2) is 91.0 Å². The molecule has 1 aliphatic heterocycles. The summed E-state index contributed by atoms with van der Waals surface area (Å²) in [4.78, 5) is 26.6. The zero-order valence-corrected chi connectivity index (χ0v) is 27.9. The number of nitrogens with one attached hydrogen (secondary N) is 2. The van der Waals surface area contributed by atoms with Gasteiger partial charge < -0.3 is 34.3 Å². The molecule has 0 aliphatic carbocycles. The van der Waals surface area contributed by atoms with Crippen molar-refractivity contribution < 1.29 is 33.3 Å². The van der Waals surface area contributed by atoms with Gasteiger partial charge in [0.05, 0.1) is 39.3 Å². The summed E-state index contributed by atoms with van der Waals surface area (Å²) in [7, 11) is 3.23. The van der Waals surface area contributed by atoms with Crippen LogP contribution in [-0.2, 0) is 25.6 Å². The number of benzene rings is 3. The van der Waals surface area contributed by atoms with E-state index >= 15 is 0 Å². The summed E-state index contributed by atoms with van der Waals surface area (Å²) in [5.74, 6) is 1.52. The maximum Gasteiger partial charge on any atom is 0.407 e. The maximum atomic E-state index is 13.7. The van der Waals surface area contributed by atoms with E-state index in [0.717, 1.165) is 47.5 Å². The smallest absolute Gasteiger partial charge is 0.407 e. The van der Waals surface area contributed by atoms with Crippen LogP contribution < -0.4 is 20.1 Å². The highest BCUT2D eigenvalue weighted by atomic mass is 16.7. The van der Waals surface area contributed by atoms with Gasteiger partial charge in [0.1, 0.15) is 18.1 Å². The van der Waals surface area contributed by atoms with Gasteiger partial charge in [-0.2, -0.15) is 0 Å². The second kappa shape index (κ2) is 18.7. The van der Waals surface area contributed by atoms with Crippen molar-refractivity contribution in [3.63, 3.8) is 0 Å². The SMILES string of the molecule is COc1ccc(C(NC(=O)CC(C=CC(COC2CCCCO2)C(C)C)NC(=O)OCc2ccccc2)c2ccc(OC)cc2)cc1. The van der Waals surface area contributed by atoms with Crippen molar-refractivity contribution in [2.45, 2.75) is 64.5 Å².